The molecule has 0 aliphatic carbocycles. The van der Waals surface area contributed by atoms with Crippen molar-refractivity contribution in [2.45, 2.75) is 6.92 Å². The minimum Gasteiger partial charge on any atom is -0.461 e. The molecule has 0 fully saturated rings. The number of hydrogen-bond donors (Lipinski definition) is 0. The van der Waals surface area contributed by atoms with Crippen molar-refractivity contribution in [3.8, 4) is 17.4 Å². The minimum atomic E-state index is 0.664. The maximum atomic E-state index is 8.63. The Labute approximate surface area is 82.4 Å². The van der Waals surface area contributed by atoms with Gasteiger partial charge < -0.3 is 4.42 Å². The Morgan fingerprint density at radius 1 is 1.07 bits per heavy atom. The van der Waals surface area contributed by atoms with Gasteiger partial charge in [0.1, 0.15) is 11.5 Å². The SMILES string of the molecule is Cc1ccc(-c2ccc(C#N)cc2)o1. The van der Waals surface area contributed by atoms with Gasteiger partial charge in [0.05, 0.1) is 11.6 Å². The van der Waals surface area contributed by atoms with E-state index in [2.05, 4.69) is 6.07 Å². The Morgan fingerprint density at radius 2 is 1.79 bits per heavy atom. The number of aryl methyl sites for hydroxylation is 1. The van der Waals surface area contributed by atoms with E-state index in [9.17, 15) is 0 Å². The minimum absolute atomic E-state index is 0.664. The number of nitriles is 1. The lowest BCUT2D eigenvalue weighted by atomic mass is 10.1. The summed E-state index contributed by atoms with van der Waals surface area (Å²) in [4.78, 5) is 0. The Morgan fingerprint density at radius 3 is 2.29 bits per heavy atom. The molecule has 68 valence electrons. The first-order chi connectivity index (χ1) is 6.79. The van der Waals surface area contributed by atoms with Crippen LogP contribution in [0.2, 0.25) is 0 Å². The van der Waals surface area contributed by atoms with Gasteiger partial charge in [-0.3, -0.25) is 0 Å². The van der Waals surface area contributed by atoms with Gasteiger partial charge in [0, 0.05) is 5.56 Å². The zero-order chi connectivity index (χ0) is 9.97. The second-order valence-electron chi connectivity index (χ2n) is 3.10. The molecule has 0 aliphatic rings. The Balaban J connectivity index is 2.39. The van der Waals surface area contributed by atoms with Gasteiger partial charge in [0.15, 0.2) is 0 Å². The quantitative estimate of drug-likeness (QED) is 0.681. The van der Waals surface area contributed by atoms with Crippen molar-refractivity contribution in [3.05, 3.63) is 47.7 Å². The molecule has 0 saturated carbocycles. The fourth-order valence-corrected chi connectivity index (χ4v) is 1.30. The van der Waals surface area contributed by atoms with Crippen molar-refractivity contribution in [2.24, 2.45) is 0 Å². The number of rotatable bonds is 1. The van der Waals surface area contributed by atoms with Crippen molar-refractivity contribution >= 4 is 0 Å². The molecule has 14 heavy (non-hydrogen) atoms. The fraction of sp³-hybridized carbons (Fsp3) is 0.0833. The Hall–Kier alpha value is -2.01. The zero-order valence-electron chi connectivity index (χ0n) is 7.82. The molecule has 1 heterocycles. The average molecular weight is 183 g/mol. The number of benzene rings is 1. The maximum Gasteiger partial charge on any atom is 0.134 e. The molecular weight excluding hydrogens is 174 g/mol. The van der Waals surface area contributed by atoms with Crippen molar-refractivity contribution < 1.29 is 4.42 Å². The topological polar surface area (TPSA) is 36.9 Å². The third-order valence-corrected chi connectivity index (χ3v) is 2.04. The van der Waals surface area contributed by atoms with Crippen LogP contribution in [-0.2, 0) is 0 Å². The van der Waals surface area contributed by atoms with Crippen molar-refractivity contribution in [1.82, 2.24) is 0 Å². The van der Waals surface area contributed by atoms with Crippen LogP contribution in [0.15, 0.2) is 40.8 Å². The van der Waals surface area contributed by atoms with E-state index < -0.39 is 0 Å². The van der Waals surface area contributed by atoms with Gasteiger partial charge >= 0.3 is 0 Å². The third kappa shape index (κ3) is 1.53. The molecule has 1 aromatic carbocycles. The van der Waals surface area contributed by atoms with Gasteiger partial charge in [-0.15, -0.1) is 0 Å². The van der Waals surface area contributed by atoms with Gasteiger partial charge in [0.2, 0.25) is 0 Å². The van der Waals surface area contributed by atoms with Crippen LogP contribution in [0.1, 0.15) is 11.3 Å². The summed E-state index contributed by atoms with van der Waals surface area (Å²) < 4.78 is 5.46. The maximum absolute atomic E-state index is 8.63. The van der Waals surface area contributed by atoms with Crippen LogP contribution in [0.4, 0.5) is 0 Å². The molecule has 0 unspecified atom stereocenters. The van der Waals surface area contributed by atoms with Crippen LogP contribution in [-0.4, -0.2) is 0 Å². The highest BCUT2D eigenvalue weighted by Gasteiger charge is 2.01. The second kappa shape index (κ2) is 3.39. The smallest absolute Gasteiger partial charge is 0.134 e. The standard InChI is InChI=1S/C12H9NO/c1-9-2-7-12(14-9)11-5-3-10(8-13)4-6-11/h2-7H,1H3. The molecule has 0 spiro atoms. The van der Waals surface area contributed by atoms with E-state index in [1.54, 1.807) is 12.1 Å². The predicted octanol–water partition coefficient (Wildman–Crippen LogP) is 3.13. The highest BCUT2D eigenvalue weighted by atomic mass is 16.3. The first-order valence-electron chi connectivity index (χ1n) is 4.36. The lowest BCUT2D eigenvalue weighted by Crippen LogP contribution is -1.75. The lowest BCUT2D eigenvalue weighted by Gasteiger charge is -1.95. The highest BCUT2D eigenvalue weighted by Crippen LogP contribution is 2.21. The van der Waals surface area contributed by atoms with E-state index in [-0.39, 0.29) is 0 Å². The number of nitrogens with zero attached hydrogens (tertiary/aromatic N) is 1. The van der Waals surface area contributed by atoms with E-state index in [1.165, 1.54) is 0 Å². The molecule has 2 aromatic rings. The first kappa shape index (κ1) is 8.58. The monoisotopic (exact) mass is 183 g/mol. The summed E-state index contributed by atoms with van der Waals surface area (Å²) >= 11 is 0. The van der Waals surface area contributed by atoms with Gasteiger partial charge in [-0.25, -0.2) is 0 Å². The van der Waals surface area contributed by atoms with Crippen molar-refractivity contribution in [2.75, 3.05) is 0 Å². The predicted molar refractivity (Wildman–Crippen MR) is 53.6 cm³/mol. The van der Waals surface area contributed by atoms with Gasteiger partial charge in [-0.2, -0.15) is 5.26 Å². The molecule has 1 aromatic heterocycles. The van der Waals surface area contributed by atoms with Gasteiger partial charge in [-0.05, 0) is 43.3 Å². The number of furan rings is 1. The van der Waals surface area contributed by atoms with Crippen LogP contribution in [0.5, 0.6) is 0 Å². The van der Waals surface area contributed by atoms with E-state index in [0.717, 1.165) is 17.1 Å². The first-order valence-corrected chi connectivity index (χ1v) is 4.36. The third-order valence-electron chi connectivity index (χ3n) is 2.04. The Bertz CT molecular complexity index is 474. The molecule has 2 rings (SSSR count). The van der Waals surface area contributed by atoms with E-state index in [0.29, 0.717) is 5.56 Å². The summed E-state index contributed by atoms with van der Waals surface area (Å²) in [6.45, 7) is 1.91. The normalized spacial score (nSPS) is 9.71. The van der Waals surface area contributed by atoms with Crippen molar-refractivity contribution in [3.63, 3.8) is 0 Å². The molecule has 0 bridgehead atoms. The largest absolute Gasteiger partial charge is 0.461 e. The molecule has 0 N–H and O–H groups in total. The highest BCUT2D eigenvalue weighted by molar-refractivity contribution is 5.58. The number of hydrogen-bond acceptors (Lipinski definition) is 2. The van der Waals surface area contributed by atoms with Crippen LogP contribution in [0.25, 0.3) is 11.3 Å². The van der Waals surface area contributed by atoms with E-state index >= 15 is 0 Å². The van der Waals surface area contributed by atoms with Gasteiger partial charge in [-0.1, -0.05) is 0 Å². The summed E-state index contributed by atoms with van der Waals surface area (Å²) in [7, 11) is 0. The summed E-state index contributed by atoms with van der Waals surface area (Å²) in [5, 5.41) is 8.63. The molecule has 0 radical (unpaired) electrons. The zero-order valence-corrected chi connectivity index (χ0v) is 7.82. The van der Waals surface area contributed by atoms with Crippen LogP contribution >= 0.6 is 0 Å². The summed E-state index contributed by atoms with van der Waals surface area (Å²) in [6, 6.07) is 13.3. The molecule has 2 heteroatoms. The van der Waals surface area contributed by atoms with Gasteiger partial charge in [0.25, 0.3) is 0 Å². The van der Waals surface area contributed by atoms with Crippen LogP contribution in [0, 0.1) is 18.3 Å². The Kier molecular flexibility index (Phi) is 2.08. The molecule has 0 amide bonds. The summed E-state index contributed by atoms with van der Waals surface area (Å²) in [5.74, 6) is 1.73. The van der Waals surface area contributed by atoms with E-state index in [1.807, 2.05) is 31.2 Å². The van der Waals surface area contributed by atoms with E-state index in [4.69, 9.17) is 9.68 Å². The van der Waals surface area contributed by atoms with Crippen molar-refractivity contribution in [1.29, 1.82) is 5.26 Å². The molecule has 0 aliphatic heterocycles. The average Bonchev–Trinajstić information content (AvgIpc) is 2.65. The van der Waals surface area contributed by atoms with Crippen LogP contribution in [0.3, 0.4) is 0 Å². The summed E-state index contributed by atoms with van der Waals surface area (Å²) in [5.41, 5.74) is 1.66. The summed E-state index contributed by atoms with van der Waals surface area (Å²) in [6.07, 6.45) is 0. The molecule has 0 atom stereocenters. The van der Waals surface area contributed by atoms with Crippen LogP contribution < -0.4 is 0 Å². The lowest BCUT2D eigenvalue weighted by molar-refractivity contribution is 0.548. The molecular formula is C12H9NO. The fourth-order valence-electron chi connectivity index (χ4n) is 1.30. The second-order valence-corrected chi connectivity index (χ2v) is 3.10. The molecule has 2 nitrogen and oxygen atoms in total. The molecule has 0 saturated heterocycles.